The molecule has 0 aliphatic heterocycles. The number of fused-ring (bicyclic) bond motifs is 1. The van der Waals surface area contributed by atoms with Gasteiger partial charge in [0.1, 0.15) is 0 Å². The van der Waals surface area contributed by atoms with Gasteiger partial charge in [-0.3, -0.25) is 4.98 Å². The summed E-state index contributed by atoms with van der Waals surface area (Å²) in [5.41, 5.74) is 5.96. The first-order valence-corrected chi connectivity index (χ1v) is 6.92. The maximum absolute atomic E-state index is 4.78. The second kappa shape index (κ2) is 5.47. The van der Waals surface area contributed by atoms with E-state index < -0.39 is 0 Å². The predicted octanol–water partition coefficient (Wildman–Crippen LogP) is 3.60. The average molecular weight is 257 g/mol. The summed E-state index contributed by atoms with van der Waals surface area (Å²) in [6.45, 7) is 7.37. The third kappa shape index (κ3) is 2.50. The van der Waals surface area contributed by atoms with Crippen molar-refractivity contribution in [3.8, 4) is 0 Å². The topological polar surface area (TPSA) is 28.2 Å². The molecule has 0 aliphatic carbocycles. The summed E-state index contributed by atoms with van der Waals surface area (Å²) in [6, 6.07) is 6.46. The van der Waals surface area contributed by atoms with Crippen molar-refractivity contribution in [2.24, 2.45) is 0 Å². The van der Waals surface area contributed by atoms with Crippen LogP contribution in [-0.4, -0.2) is 25.6 Å². The Bertz CT molecular complexity index is 588. The van der Waals surface area contributed by atoms with Crippen molar-refractivity contribution in [2.45, 2.75) is 27.2 Å². The molecule has 1 aromatic carbocycles. The molecule has 0 saturated heterocycles. The normalized spacial score (nSPS) is 10.8. The van der Waals surface area contributed by atoms with Crippen molar-refractivity contribution < 1.29 is 0 Å². The fourth-order valence-corrected chi connectivity index (χ4v) is 2.42. The second-order valence-corrected chi connectivity index (χ2v) is 5.04. The van der Waals surface area contributed by atoms with Gasteiger partial charge < -0.3 is 10.2 Å². The van der Waals surface area contributed by atoms with Crippen molar-refractivity contribution in [1.82, 2.24) is 4.98 Å². The molecule has 0 fully saturated rings. The van der Waals surface area contributed by atoms with Gasteiger partial charge in [-0.25, -0.2) is 0 Å². The number of nitrogens with zero attached hydrogens (tertiary/aromatic N) is 2. The first-order chi connectivity index (χ1) is 9.08. The summed E-state index contributed by atoms with van der Waals surface area (Å²) in [6.07, 6.45) is 0.968. The SMILES string of the molecule is CCNc1c(C)c(CC)nc2ccc(N(C)C)cc12. The number of rotatable bonds is 4. The molecule has 3 heteroatoms. The first kappa shape index (κ1) is 13.7. The van der Waals surface area contributed by atoms with E-state index in [4.69, 9.17) is 4.98 Å². The van der Waals surface area contributed by atoms with Crippen LogP contribution in [0.5, 0.6) is 0 Å². The molecule has 2 aromatic rings. The summed E-state index contributed by atoms with van der Waals surface area (Å²) in [4.78, 5) is 6.90. The minimum absolute atomic E-state index is 0.926. The van der Waals surface area contributed by atoms with Crippen LogP contribution >= 0.6 is 0 Å². The van der Waals surface area contributed by atoms with E-state index in [9.17, 15) is 0 Å². The van der Waals surface area contributed by atoms with E-state index in [-0.39, 0.29) is 0 Å². The molecule has 0 amide bonds. The molecule has 0 atom stereocenters. The molecule has 2 rings (SSSR count). The summed E-state index contributed by atoms with van der Waals surface area (Å²) < 4.78 is 0. The van der Waals surface area contributed by atoms with Crippen LogP contribution in [-0.2, 0) is 6.42 Å². The number of anilines is 2. The molecule has 0 bridgehead atoms. The van der Waals surface area contributed by atoms with Gasteiger partial charge in [-0.15, -0.1) is 0 Å². The Hall–Kier alpha value is -1.77. The van der Waals surface area contributed by atoms with Crippen LogP contribution in [0.3, 0.4) is 0 Å². The van der Waals surface area contributed by atoms with E-state index in [2.05, 4.69) is 63.3 Å². The molecular weight excluding hydrogens is 234 g/mol. The van der Waals surface area contributed by atoms with Crippen LogP contribution in [0.2, 0.25) is 0 Å². The standard InChI is InChI=1S/C16H23N3/c1-6-14-11(3)16(17-7-2)13-10-12(19(4)5)8-9-15(13)18-14/h8-10H,6-7H2,1-5H3,(H,17,18). The molecule has 1 heterocycles. The number of hydrogen-bond acceptors (Lipinski definition) is 3. The minimum Gasteiger partial charge on any atom is -0.385 e. The highest BCUT2D eigenvalue weighted by Gasteiger charge is 2.11. The van der Waals surface area contributed by atoms with Crippen LogP contribution in [0.15, 0.2) is 18.2 Å². The van der Waals surface area contributed by atoms with E-state index in [1.807, 2.05) is 0 Å². The summed E-state index contributed by atoms with van der Waals surface area (Å²) >= 11 is 0. The zero-order chi connectivity index (χ0) is 14.0. The highest BCUT2D eigenvalue weighted by molar-refractivity contribution is 5.95. The number of aryl methyl sites for hydroxylation is 1. The lowest BCUT2D eigenvalue weighted by Crippen LogP contribution is -2.09. The van der Waals surface area contributed by atoms with Crippen molar-refractivity contribution in [3.63, 3.8) is 0 Å². The molecule has 1 N–H and O–H groups in total. The molecular formula is C16H23N3. The monoisotopic (exact) mass is 257 g/mol. The number of nitrogens with one attached hydrogen (secondary N) is 1. The smallest absolute Gasteiger partial charge is 0.0727 e. The van der Waals surface area contributed by atoms with Crippen molar-refractivity contribution in [3.05, 3.63) is 29.5 Å². The van der Waals surface area contributed by atoms with Crippen LogP contribution in [0.25, 0.3) is 10.9 Å². The number of aromatic nitrogens is 1. The van der Waals surface area contributed by atoms with Gasteiger partial charge in [0.05, 0.1) is 5.52 Å². The van der Waals surface area contributed by atoms with Gasteiger partial charge >= 0.3 is 0 Å². The Balaban J connectivity index is 2.73. The summed E-state index contributed by atoms with van der Waals surface area (Å²) in [5.74, 6) is 0. The number of hydrogen-bond donors (Lipinski definition) is 1. The van der Waals surface area contributed by atoms with Gasteiger partial charge in [-0.2, -0.15) is 0 Å². The Morgan fingerprint density at radius 3 is 2.53 bits per heavy atom. The molecule has 102 valence electrons. The highest BCUT2D eigenvalue weighted by atomic mass is 15.1. The van der Waals surface area contributed by atoms with Crippen LogP contribution in [0.4, 0.5) is 11.4 Å². The fourth-order valence-electron chi connectivity index (χ4n) is 2.42. The number of pyridine rings is 1. The fraction of sp³-hybridized carbons (Fsp3) is 0.438. The van der Waals surface area contributed by atoms with Gasteiger partial charge in [-0.1, -0.05) is 6.92 Å². The van der Waals surface area contributed by atoms with Gasteiger partial charge in [0, 0.05) is 43.1 Å². The van der Waals surface area contributed by atoms with E-state index >= 15 is 0 Å². The molecule has 0 spiro atoms. The molecule has 19 heavy (non-hydrogen) atoms. The van der Waals surface area contributed by atoms with Crippen molar-refractivity contribution >= 4 is 22.3 Å². The minimum atomic E-state index is 0.926. The largest absolute Gasteiger partial charge is 0.385 e. The summed E-state index contributed by atoms with van der Waals surface area (Å²) in [7, 11) is 4.13. The molecule has 0 saturated carbocycles. The van der Waals surface area contributed by atoms with Gasteiger partial charge in [0.15, 0.2) is 0 Å². The Kier molecular flexibility index (Phi) is 3.93. The Morgan fingerprint density at radius 1 is 1.21 bits per heavy atom. The average Bonchev–Trinajstić information content (AvgIpc) is 2.41. The molecule has 0 aliphatic rings. The lowest BCUT2D eigenvalue weighted by molar-refractivity contribution is 1.02. The molecule has 3 nitrogen and oxygen atoms in total. The van der Waals surface area contributed by atoms with Crippen molar-refractivity contribution in [2.75, 3.05) is 30.9 Å². The quantitative estimate of drug-likeness (QED) is 0.907. The predicted molar refractivity (Wildman–Crippen MR) is 84.3 cm³/mol. The zero-order valence-electron chi connectivity index (χ0n) is 12.5. The Labute approximate surface area is 115 Å². The van der Waals surface area contributed by atoms with E-state index in [0.717, 1.165) is 18.5 Å². The van der Waals surface area contributed by atoms with Gasteiger partial charge in [0.25, 0.3) is 0 Å². The lowest BCUT2D eigenvalue weighted by atomic mass is 10.0. The van der Waals surface area contributed by atoms with Crippen LogP contribution in [0, 0.1) is 6.92 Å². The van der Waals surface area contributed by atoms with Gasteiger partial charge in [0.2, 0.25) is 0 Å². The molecule has 1 aromatic heterocycles. The van der Waals surface area contributed by atoms with Crippen molar-refractivity contribution in [1.29, 1.82) is 0 Å². The van der Waals surface area contributed by atoms with E-state index in [1.165, 1.54) is 28.0 Å². The second-order valence-electron chi connectivity index (χ2n) is 5.04. The van der Waals surface area contributed by atoms with E-state index in [0.29, 0.717) is 0 Å². The lowest BCUT2D eigenvalue weighted by Gasteiger charge is -2.18. The highest BCUT2D eigenvalue weighted by Crippen LogP contribution is 2.31. The molecule has 0 radical (unpaired) electrons. The van der Waals surface area contributed by atoms with E-state index in [1.54, 1.807) is 0 Å². The number of benzene rings is 1. The molecule has 0 unspecified atom stereocenters. The third-order valence-electron chi connectivity index (χ3n) is 3.52. The van der Waals surface area contributed by atoms with Crippen LogP contribution < -0.4 is 10.2 Å². The Morgan fingerprint density at radius 2 is 1.95 bits per heavy atom. The first-order valence-electron chi connectivity index (χ1n) is 6.92. The maximum Gasteiger partial charge on any atom is 0.0727 e. The van der Waals surface area contributed by atoms with Crippen LogP contribution in [0.1, 0.15) is 25.1 Å². The summed E-state index contributed by atoms with van der Waals surface area (Å²) in [5, 5.41) is 4.71. The third-order valence-corrected chi connectivity index (χ3v) is 3.52. The maximum atomic E-state index is 4.78. The van der Waals surface area contributed by atoms with Gasteiger partial charge in [-0.05, 0) is 44.0 Å². The zero-order valence-corrected chi connectivity index (χ0v) is 12.5.